The number of fused-ring (bicyclic) bond motifs is 1. The second-order valence-electron chi connectivity index (χ2n) is 8.16. The summed E-state index contributed by atoms with van der Waals surface area (Å²) < 4.78 is 3.15. The van der Waals surface area contributed by atoms with Crippen molar-refractivity contribution in [1.29, 1.82) is 0 Å². The van der Waals surface area contributed by atoms with Crippen molar-refractivity contribution in [2.24, 2.45) is 0 Å². The number of hydrogen-bond acceptors (Lipinski definition) is 7. The Bertz CT molecular complexity index is 1690. The molecule has 0 fully saturated rings. The third-order valence-corrected chi connectivity index (χ3v) is 7.79. The Labute approximate surface area is 228 Å². The van der Waals surface area contributed by atoms with Gasteiger partial charge in [-0.15, -0.1) is 28.8 Å². The number of benzene rings is 1. The van der Waals surface area contributed by atoms with Crippen LogP contribution in [0.25, 0.3) is 27.4 Å². The van der Waals surface area contributed by atoms with Gasteiger partial charge >= 0.3 is 5.97 Å². The molecule has 4 aromatic heterocycles. The van der Waals surface area contributed by atoms with Crippen LogP contribution in [0.4, 0.5) is 0 Å². The average Bonchev–Trinajstić information content (AvgIpc) is 3.67. The monoisotopic (exact) mass is 575 g/mol. The lowest BCUT2D eigenvalue weighted by molar-refractivity contribution is 0.0702. The Balaban J connectivity index is 0.00000280. The molecule has 0 saturated heterocycles. The van der Waals surface area contributed by atoms with Gasteiger partial charge < -0.3 is 14.7 Å². The molecule has 5 heterocycles. The summed E-state index contributed by atoms with van der Waals surface area (Å²) in [5.74, 6) is -0.368. The largest absolute Gasteiger partial charge is 0.477 e. The van der Waals surface area contributed by atoms with E-state index in [0.29, 0.717) is 46.2 Å². The molecule has 5 aromatic rings. The molecule has 1 atom stereocenters. The zero-order chi connectivity index (χ0) is 25.0. The van der Waals surface area contributed by atoms with Crippen LogP contribution in [0, 0.1) is 0 Å². The van der Waals surface area contributed by atoms with Crippen molar-refractivity contribution >= 4 is 52.9 Å². The first kappa shape index (κ1) is 25.2. The van der Waals surface area contributed by atoms with Gasteiger partial charge in [0.1, 0.15) is 22.1 Å². The van der Waals surface area contributed by atoms with Gasteiger partial charge in [0.05, 0.1) is 28.5 Å². The summed E-state index contributed by atoms with van der Waals surface area (Å²) in [6.45, 7) is 0. The second-order valence-corrected chi connectivity index (χ2v) is 10.1. The number of thiophene rings is 1. The quantitative estimate of drug-likeness (QED) is 0.304. The van der Waals surface area contributed by atoms with Crippen molar-refractivity contribution in [2.75, 3.05) is 0 Å². The lowest BCUT2D eigenvalue weighted by Crippen LogP contribution is -2.25. The van der Waals surface area contributed by atoms with Gasteiger partial charge in [0.25, 0.3) is 5.56 Å². The Kier molecular flexibility index (Phi) is 6.63. The number of aryl methyl sites for hydroxylation is 1. The molecule has 0 unspecified atom stereocenters. The number of aromatic carboxylic acids is 1. The molecule has 0 bridgehead atoms. The maximum Gasteiger partial charge on any atom is 0.345 e. The molecule has 10 nitrogen and oxygen atoms in total. The number of imidazole rings is 1. The number of nitrogens with one attached hydrogen (secondary N) is 1. The smallest absolute Gasteiger partial charge is 0.345 e. The van der Waals surface area contributed by atoms with Gasteiger partial charge in [0.2, 0.25) is 0 Å². The number of aromatic nitrogens is 7. The molecule has 37 heavy (non-hydrogen) atoms. The molecular weight excluding hydrogens is 561 g/mol. The van der Waals surface area contributed by atoms with Gasteiger partial charge in [0, 0.05) is 21.8 Å². The maximum absolute atomic E-state index is 13.5. The van der Waals surface area contributed by atoms with Crippen LogP contribution in [0.2, 0.25) is 10.0 Å². The molecule has 1 aliphatic rings. The van der Waals surface area contributed by atoms with Gasteiger partial charge in [-0.3, -0.25) is 4.79 Å². The lowest BCUT2D eigenvalue weighted by Gasteiger charge is -2.16. The zero-order valence-electron chi connectivity index (χ0n) is 18.6. The molecule has 2 N–H and O–H groups in total. The van der Waals surface area contributed by atoms with Crippen LogP contribution >= 0.6 is 46.9 Å². The fourth-order valence-electron chi connectivity index (χ4n) is 4.48. The van der Waals surface area contributed by atoms with Gasteiger partial charge in [-0.25, -0.2) is 9.78 Å². The fourth-order valence-corrected chi connectivity index (χ4v) is 5.71. The highest BCUT2D eigenvalue weighted by Gasteiger charge is 2.30. The van der Waals surface area contributed by atoms with E-state index < -0.39 is 5.97 Å². The summed E-state index contributed by atoms with van der Waals surface area (Å²) in [7, 11) is 0. The molecule has 1 aromatic carbocycles. The third-order valence-electron chi connectivity index (χ3n) is 6.09. The Morgan fingerprint density at radius 1 is 1.16 bits per heavy atom. The Morgan fingerprint density at radius 3 is 2.73 bits per heavy atom. The Morgan fingerprint density at radius 2 is 2.00 bits per heavy atom. The molecular formula is C23H16Cl3N7O3S. The van der Waals surface area contributed by atoms with E-state index >= 15 is 0 Å². The minimum atomic E-state index is -0.976. The van der Waals surface area contributed by atoms with E-state index in [1.54, 1.807) is 41.1 Å². The summed E-state index contributed by atoms with van der Waals surface area (Å²) in [6.07, 6.45) is 4.40. The number of pyridine rings is 1. The van der Waals surface area contributed by atoms with E-state index in [9.17, 15) is 14.7 Å². The van der Waals surface area contributed by atoms with Crippen LogP contribution in [-0.2, 0) is 6.42 Å². The first-order valence-electron chi connectivity index (χ1n) is 10.8. The molecule has 0 saturated carbocycles. The van der Waals surface area contributed by atoms with Gasteiger partial charge in [0.15, 0.2) is 0 Å². The number of rotatable bonds is 5. The van der Waals surface area contributed by atoms with Gasteiger partial charge in [-0.1, -0.05) is 23.2 Å². The first-order valence-corrected chi connectivity index (χ1v) is 12.3. The highest BCUT2D eigenvalue weighted by atomic mass is 35.5. The van der Waals surface area contributed by atoms with Gasteiger partial charge in [-0.2, -0.15) is 4.68 Å². The first-order chi connectivity index (χ1) is 17.4. The van der Waals surface area contributed by atoms with Crippen molar-refractivity contribution < 1.29 is 9.90 Å². The van der Waals surface area contributed by atoms with Crippen molar-refractivity contribution in [3.05, 3.63) is 85.7 Å². The van der Waals surface area contributed by atoms with Crippen LogP contribution in [0.3, 0.4) is 0 Å². The van der Waals surface area contributed by atoms with Crippen LogP contribution < -0.4 is 5.56 Å². The standard InChI is InChI=1S/C23H15Cl2N7O3S.ClH/c24-11-1-3-16(31-10-27-29-30-31)13(7-11)14-8-12-2-4-17(32(12)22(33)20(14)25)21-26-9-15(28-21)18-5-6-19(36-18)23(34)35;/h1,3,5-10,17H,2,4H2,(H,26,28)(H,34,35);1H/t17-;/m0./s1. The van der Waals surface area contributed by atoms with Crippen LogP contribution in [0.1, 0.15) is 33.7 Å². The summed E-state index contributed by atoms with van der Waals surface area (Å²) in [5, 5.41) is 21.1. The third kappa shape index (κ3) is 4.33. The minimum absolute atomic E-state index is 0. The van der Waals surface area contributed by atoms with Crippen molar-refractivity contribution in [2.45, 2.75) is 18.9 Å². The number of tetrazole rings is 1. The number of carbonyl (C=O) groups is 1. The number of nitrogens with zero attached hydrogens (tertiary/aromatic N) is 6. The summed E-state index contributed by atoms with van der Waals surface area (Å²) in [5.41, 5.74) is 2.98. The maximum atomic E-state index is 13.5. The molecule has 0 aliphatic carbocycles. The highest BCUT2D eigenvalue weighted by Crippen LogP contribution is 2.38. The average molecular weight is 577 g/mol. The molecule has 0 spiro atoms. The van der Waals surface area contributed by atoms with Crippen LogP contribution in [0.15, 0.2) is 53.7 Å². The van der Waals surface area contributed by atoms with Crippen LogP contribution in [-0.4, -0.2) is 45.8 Å². The van der Waals surface area contributed by atoms with E-state index in [1.807, 2.05) is 6.07 Å². The zero-order valence-corrected chi connectivity index (χ0v) is 21.8. The number of halogens is 3. The molecule has 0 radical (unpaired) electrons. The predicted octanol–water partition coefficient (Wildman–Crippen LogP) is 4.91. The van der Waals surface area contributed by atoms with E-state index in [-0.39, 0.29) is 33.9 Å². The summed E-state index contributed by atoms with van der Waals surface area (Å²) in [4.78, 5) is 33.5. The fraction of sp³-hybridized carbons (Fsp3) is 0.130. The SMILES string of the molecule is Cl.O=C(O)c1ccc(-c2cnc([C@@H]3CCc4cc(-c5cc(Cl)ccc5-n5cnnn5)c(Cl)c(=O)n43)[nH]2)s1. The van der Waals surface area contributed by atoms with Gasteiger partial charge in [-0.05, 0) is 59.7 Å². The second kappa shape index (κ2) is 9.75. The topological polar surface area (TPSA) is 132 Å². The highest BCUT2D eigenvalue weighted by molar-refractivity contribution is 7.17. The summed E-state index contributed by atoms with van der Waals surface area (Å²) in [6, 6.07) is 10.1. The number of hydrogen-bond donors (Lipinski definition) is 2. The van der Waals surface area contributed by atoms with Crippen molar-refractivity contribution in [3.8, 4) is 27.4 Å². The molecule has 188 valence electrons. The van der Waals surface area contributed by atoms with E-state index in [1.165, 1.54) is 11.0 Å². The van der Waals surface area contributed by atoms with E-state index in [2.05, 4.69) is 25.5 Å². The minimum Gasteiger partial charge on any atom is -0.477 e. The Hall–Kier alpha value is -3.51. The van der Waals surface area contributed by atoms with E-state index in [0.717, 1.165) is 21.9 Å². The number of carboxylic acid groups (broad SMARTS) is 1. The van der Waals surface area contributed by atoms with Crippen LogP contribution in [0.5, 0.6) is 0 Å². The number of carboxylic acids is 1. The van der Waals surface area contributed by atoms with Crippen molar-refractivity contribution in [3.63, 3.8) is 0 Å². The molecule has 6 rings (SSSR count). The summed E-state index contributed by atoms with van der Waals surface area (Å²) >= 11 is 14.1. The number of H-pyrrole nitrogens is 1. The molecule has 14 heteroatoms. The normalized spacial score (nSPS) is 14.4. The lowest BCUT2D eigenvalue weighted by atomic mass is 10.0. The molecule has 1 aliphatic heterocycles. The van der Waals surface area contributed by atoms with Crippen molar-refractivity contribution in [1.82, 2.24) is 34.7 Å². The predicted molar refractivity (Wildman–Crippen MR) is 141 cm³/mol. The number of aromatic amines is 1. The van der Waals surface area contributed by atoms with E-state index in [4.69, 9.17) is 23.2 Å². The molecule has 0 amide bonds.